The van der Waals surface area contributed by atoms with Crippen molar-refractivity contribution in [3.05, 3.63) is 68.7 Å². The Morgan fingerprint density at radius 1 is 0.824 bits per heavy atom. The van der Waals surface area contributed by atoms with Gasteiger partial charge in [-0.3, -0.25) is 0 Å². The summed E-state index contributed by atoms with van der Waals surface area (Å²) in [6, 6.07) is 12.4. The SMILES string of the molecule is NC(c1ccc(Cl)cc1)c1ccc(Cl)cc1Cl. The van der Waals surface area contributed by atoms with Crippen molar-refractivity contribution in [2.24, 2.45) is 5.73 Å². The van der Waals surface area contributed by atoms with Gasteiger partial charge in [-0.05, 0) is 35.4 Å². The molecule has 1 unspecified atom stereocenters. The fraction of sp³-hybridized carbons (Fsp3) is 0.0769. The van der Waals surface area contributed by atoms with Crippen molar-refractivity contribution in [3.8, 4) is 0 Å². The van der Waals surface area contributed by atoms with Crippen molar-refractivity contribution in [1.29, 1.82) is 0 Å². The predicted octanol–water partition coefficient (Wildman–Crippen LogP) is 4.69. The van der Waals surface area contributed by atoms with Crippen LogP contribution < -0.4 is 5.73 Å². The molecule has 0 aliphatic heterocycles. The zero-order valence-corrected chi connectivity index (χ0v) is 11.1. The standard InChI is InChI=1S/C13H10Cl3N/c14-9-3-1-8(2-4-9)13(17)11-6-5-10(15)7-12(11)16/h1-7,13H,17H2. The molecule has 0 radical (unpaired) electrons. The first-order valence-corrected chi connectivity index (χ1v) is 6.17. The van der Waals surface area contributed by atoms with E-state index in [9.17, 15) is 0 Å². The molecule has 0 aliphatic carbocycles. The van der Waals surface area contributed by atoms with Crippen LogP contribution in [0.25, 0.3) is 0 Å². The van der Waals surface area contributed by atoms with Gasteiger partial charge in [-0.1, -0.05) is 53.0 Å². The van der Waals surface area contributed by atoms with Gasteiger partial charge >= 0.3 is 0 Å². The summed E-state index contributed by atoms with van der Waals surface area (Å²) in [6.07, 6.45) is 0. The number of nitrogens with two attached hydrogens (primary N) is 1. The van der Waals surface area contributed by atoms with E-state index in [0.29, 0.717) is 15.1 Å². The van der Waals surface area contributed by atoms with E-state index in [1.54, 1.807) is 24.3 Å². The average Bonchev–Trinajstić information content (AvgIpc) is 2.29. The Labute approximate surface area is 115 Å². The molecule has 2 aromatic carbocycles. The van der Waals surface area contributed by atoms with Crippen LogP contribution in [-0.4, -0.2) is 0 Å². The quantitative estimate of drug-likeness (QED) is 0.851. The monoisotopic (exact) mass is 285 g/mol. The maximum Gasteiger partial charge on any atom is 0.0566 e. The molecule has 0 saturated carbocycles. The van der Waals surface area contributed by atoms with Crippen LogP contribution in [0, 0.1) is 0 Å². The number of rotatable bonds is 2. The lowest BCUT2D eigenvalue weighted by molar-refractivity contribution is 0.872. The van der Waals surface area contributed by atoms with Gasteiger partial charge < -0.3 is 5.73 Å². The highest BCUT2D eigenvalue weighted by atomic mass is 35.5. The number of hydrogen-bond acceptors (Lipinski definition) is 1. The predicted molar refractivity (Wildman–Crippen MR) is 73.9 cm³/mol. The molecule has 1 atom stereocenters. The Bertz CT molecular complexity index is 523. The Kier molecular flexibility index (Phi) is 3.95. The maximum absolute atomic E-state index is 6.15. The van der Waals surface area contributed by atoms with Crippen molar-refractivity contribution in [3.63, 3.8) is 0 Å². The van der Waals surface area contributed by atoms with E-state index in [2.05, 4.69) is 0 Å². The minimum atomic E-state index is -0.281. The summed E-state index contributed by atoms with van der Waals surface area (Å²) in [6.45, 7) is 0. The van der Waals surface area contributed by atoms with Gasteiger partial charge in [0.15, 0.2) is 0 Å². The Morgan fingerprint density at radius 2 is 1.41 bits per heavy atom. The van der Waals surface area contributed by atoms with Crippen molar-refractivity contribution < 1.29 is 0 Å². The van der Waals surface area contributed by atoms with E-state index in [4.69, 9.17) is 40.5 Å². The molecule has 88 valence electrons. The summed E-state index contributed by atoms with van der Waals surface area (Å²) in [5.74, 6) is 0. The summed E-state index contributed by atoms with van der Waals surface area (Å²) < 4.78 is 0. The van der Waals surface area contributed by atoms with Crippen LogP contribution in [0.2, 0.25) is 15.1 Å². The lowest BCUT2D eigenvalue weighted by Crippen LogP contribution is -2.12. The summed E-state index contributed by atoms with van der Waals surface area (Å²) in [7, 11) is 0. The van der Waals surface area contributed by atoms with Gasteiger partial charge in [-0.15, -0.1) is 0 Å². The first-order valence-electron chi connectivity index (χ1n) is 5.04. The van der Waals surface area contributed by atoms with Gasteiger partial charge in [0.2, 0.25) is 0 Å². The second-order valence-electron chi connectivity index (χ2n) is 3.70. The second kappa shape index (κ2) is 5.28. The summed E-state index contributed by atoms with van der Waals surface area (Å²) in [5, 5.41) is 1.85. The van der Waals surface area contributed by atoms with Crippen LogP contribution in [0.4, 0.5) is 0 Å². The first kappa shape index (κ1) is 12.7. The highest BCUT2D eigenvalue weighted by Crippen LogP contribution is 2.29. The smallest absolute Gasteiger partial charge is 0.0566 e. The number of halogens is 3. The van der Waals surface area contributed by atoms with Crippen LogP contribution in [-0.2, 0) is 0 Å². The number of hydrogen-bond donors (Lipinski definition) is 1. The molecule has 0 fully saturated rings. The zero-order valence-electron chi connectivity index (χ0n) is 8.83. The van der Waals surface area contributed by atoms with E-state index >= 15 is 0 Å². The molecule has 0 aliphatic rings. The van der Waals surface area contributed by atoms with Crippen LogP contribution in [0.3, 0.4) is 0 Å². The van der Waals surface area contributed by atoms with Gasteiger partial charge in [0.1, 0.15) is 0 Å². The fourth-order valence-corrected chi connectivity index (χ4v) is 2.26. The van der Waals surface area contributed by atoms with E-state index in [0.717, 1.165) is 11.1 Å². The number of benzene rings is 2. The summed E-state index contributed by atoms with van der Waals surface area (Å²) >= 11 is 17.8. The van der Waals surface area contributed by atoms with Crippen molar-refractivity contribution in [2.75, 3.05) is 0 Å². The third kappa shape index (κ3) is 2.93. The topological polar surface area (TPSA) is 26.0 Å². The minimum absolute atomic E-state index is 0.281. The second-order valence-corrected chi connectivity index (χ2v) is 4.98. The lowest BCUT2D eigenvalue weighted by Gasteiger charge is -2.14. The molecule has 1 nitrogen and oxygen atoms in total. The van der Waals surface area contributed by atoms with Crippen LogP contribution in [0.15, 0.2) is 42.5 Å². The Morgan fingerprint density at radius 3 is 2.00 bits per heavy atom. The minimum Gasteiger partial charge on any atom is -0.320 e. The molecule has 0 aromatic heterocycles. The van der Waals surface area contributed by atoms with Gasteiger partial charge in [0, 0.05) is 15.1 Å². The van der Waals surface area contributed by atoms with Crippen molar-refractivity contribution in [1.82, 2.24) is 0 Å². The van der Waals surface area contributed by atoms with Crippen LogP contribution >= 0.6 is 34.8 Å². The van der Waals surface area contributed by atoms with Crippen LogP contribution in [0.1, 0.15) is 17.2 Å². The van der Waals surface area contributed by atoms with Gasteiger partial charge in [0.05, 0.1) is 6.04 Å². The molecule has 0 amide bonds. The lowest BCUT2D eigenvalue weighted by atomic mass is 10.00. The van der Waals surface area contributed by atoms with Gasteiger partial charge in [-0.25, -0.2) is 0 Å². The van der Waals surface area contributed by atoms with E-state index in [1.807, 2.05) is 18.2 Å². The molecule has 17 heavy (non-hydrogen) atoms. The third-order valence-corrected chi connectivity index (χ3v) is 3.34. The molecule has 2 N–H and O–H groups in total. The van der Waals surface area contributed by atoms with Crippen molar-refractivity contribution in [2.45, 2.75) is 6.04 Å². The normalized spacial score (nSPS) is 12.5. The molecule has 4 heteroatoms. The summed E-state index contributed by atoms with van der Waals surface area (Å²) in [4.78, 5) is 0. The molecule has 0 heterocycles. The fourth-order valence-electron chi connectivity index (χ4n) is 1.60. The van der Waals surface area contributed by atoms with Crippen molar-refractivity contribution >= 4 is 34.8 Å². The summed E-state index contributed by atoms with van der Waals surface area (Å²) in [5.41, 5.74) is 7.95. The average molecular weight is 287 g/mol. The molecule has 0 saturated heterocycles. The van der Waals surface area contributed by atoms with Gasteiger partial charge in [-0.2, -0.15) is 0 Å². The molecule has 0 spiro atoms. The van der Waals surface area contributed by atoms with E-state index in [1.165, 1.54) is 0 Å². The molecular weight excluding hydrogens is 277 g/mol. The Hall–Kier alpha value is -0.730. The largest absolute Gasteiger partial charge is 0.320 e. The molecule has 2 aromatic rings. The zero-order chi connectivity index (χ0) is 12.4. The van der Waals surface area contributed by atoms with E-state index in [-0.39, 0.29) is 6.04 Å². The molecule has 0 bridgehead atoms. The molecular formula is C13H10Cl3N. The highest BCUT2D eigenvalue weighted by molar-refractivity contribution is 6.35. The molecule has 2 rings (SSSR count). The van der Waals surface area contributed by atoms with Crippen LogP contribution in [0.5, 0.6) is 0 Å². The Balaban J connectivity index is 2.36. The van der Waals surface area contributed by atoms with E-state index < -0.39 is 0 Å². The highest BCUT2D eigenvalue weighted by Gasteiger charge is 2.12. The third-order valence-electron chi connectivity index (χ3n) is 2.53. The first-order chi connectivity index (χ1) is 8.08. The maximum atomic E-state index is 6.15. The van der Waals surface area contributed by atoms with Gasteiger partial charge in [0.25, 0.3) is 0 Å².